The van der Waals surface area contributed by atoms with Gasteiger partial charge in [-0.25, -0.2) is 0 Å². The average Bonchev–Trinajstić information content (AvgIpc) is 2.23. The number of methoxy groups -OCH3 is 1. The van der Waals surface area contributed by atoms with Gasteiger partial charge in [-0.15, -0.1) is 0 Å². The van der Waals surface area contributed by atoms with Crippen LogP contribution in [0.15, 0.2) is 18.2 Å². The number of fused-ring (bicyclic) bond motifs is 1. The number of hydrogen-bond acceptors (Lipinski definition) is 3. The van der Waals surface area contributed by atoms with Crippen LogP contribution in [0.3, 0.4) is 0 Å². The van der Waals surface area contributed by atoms with Crippen LogP contribution in [0, 0.1) is 0 Å². The van der Waals surface area contributed by atoms with E-state index in [-0.39, 0.29) is 4.83 Å². The molecule has 0 aromatic heterocycles. The van der Waals surface area contributed by atoms with Gasteiger partial charge in [-0.3, -0.25) is 0 Å². The van der Waals surface area contributed by atoms with Gasteiger partial charge in [-0.2, -0.15) is 0 Å². The van der Waals surface area contributed by atoms with Gasteiger partial charge < -0.3 is 14.6 Å². The zero-order valence-electron chi connectivity index (χ0n) is 7.74. The van der Waals surface area contributed by atoms with Crippen LogP contribution in [0.5, 0.6) is 11.5 Å². The first-order valence-electron chi connectivity index (χ1n) is 4.36. The third-order valence-electron chi connectivity index (χ3n) is 2.28. The highest BCUT2D eigenvalue weighted by Gasteiger charge is 2.30. The van der Waals surface area contributed by atoms with Crippen molar-refractivity contribution >= 4 is 15.9 Å². The lowest BCUT2D eigenvalue weighted by Crippen LogP contribution is -2.26. The van der Waals surface area contributed by atoms with Crippen molar-refractivity contribution in [3.05, 3.63) is 23.8 Å². The van der Waals surface area contributed by atoms with Gasteiger partial charge in [0.25, 0.3) is 0 Å². The molecule has 1 aromatic rings. The van der Waals surface area contributed by atoms with Crippen LogP contribution >= 0.6 is 15.9 Å². The lowest BCUT2D eigenvalue weighted by atomic mass is 10.0. The van der Waals surface area contributed by atoms with Crippen LogP contribution in [-0.4, -0.2) is 23.7 Å². The SMILES string of the molecule is COc1cccc2c1[C@H](O)[C@@H](Br)CO2. The van der Waals surface area contributed by atoms with Gasteiger partial charge >= 0.3 is 0 Å². The molecule has 0 aliphatic carbocycles. The maximum atomic E-state index is 9.93. The Kier molecular flexibility index (Phi) is 2.65. The quantitative estimate of drug-likeness (QED) is 0.782. The zero-order chi connectivity index (χ0) is 10.1. The molecular formula is C10H11BrO3. The standard InChI is InChI=1S/C10H11BrO3/c1-13-7-3-2-4-8-9(7)10(12)6(11)5-14-8/h2-4,6,10,12H,5H2,1H3/t6-,10+/m0/s1. The summed E-state index contributed by atoms with van der Waals surface area (Å²) in [6, 6.07) is 5.50. The molecule has 0 amide bonds. The van der Waals surface area contributed by atoms with Gasteiger partial charge in [-0.05, 0) is 12.1 Å². The second-order valence-corrected chi connectivity index (χ2v) is 4.32. The average molecular weight is 259 g/mol. The number of aliphatic hydroxyl groups is 1. The summed E-state index contributed by atoms with van der Waals surface area (Å²) in [5.74, 6) is 1.37. The third kappa shape index (κ3) is 1.48. The highest BCUT2D eigenvalue weighted by Crippen LogP contribution is 2.40. The Labute approximate surface area is 90.8 Å². The van der Waals surface area contributed by atoms with E-state index in [0.717, 1.165) is 5.56 Å². The maximum Gasteiger partial charge on any atom is 0.128 e. The lowest BCUT2D eigenvalue weighted by Gasteiger charge is -2.27. The highest BCUT2D eigenvalue weighted by molar-refractivity contribution is 9.09. The summed E-state index contributed by atoms with van der Waals surface area (Å²) in [6.07, 6.45) is -0.574. The van der Waals surface area contributed by atoms with Crippen molar-refractivity contribution in [2.24, 2.45) is 0 Å². The van der Waals surface area contributed by atoms with Crippen LogP contribution in [0.1, 0.15) is 11.7 Å². The molecule has 0 saturated carbocycles. The summed E-state index contributed by atoms with van der Waals surface area (Å²) in [7, 11) is 1.58. The fraction of sp³-hybridized carbons (Fsp3) is 0.400. The Balaban J connectivity index is 2.49. The highest BCUT2D eigenvalue weighted by atomic mass is 79.9. The molecule has 0 spiro atoms. The topological polar surface area (TPSA) is 38.7 Å². The van der Waals surface area contributed by atoms with Crippen LogP contribution in [-0.2, 0) is 0 Å². The third-order valence-corrected chi connectivity index (χ3v) is 3.05. The minimum absolute atomic E-state index is 0.0775. The van der Waals surface area contributed by atoms with E-state index in [2.05, 4.69) is 15.9 Å². The molecule has 2 rings (SSSR count). The van der Waals surface area contributed by atoms with Gasteiger partial charge in [0.1, 0.15) is 24.2 Å². The Morgan fingerprint density at radius 1 is 1.57 bits per heavy atom. The van der Waals surface area contributed by atoms with E-state index >= 15 is 0 Å². The first-order chi connectivity index (χ1) is 6.74. The zero-order valence-corrected chi connectivity index (χ0v) is 9.32. The van der Waals surface area contributed by atoms with E-state index in [9.17, 15) is 5.11 Å². The summed E-state index contributed by atoms with van der Waals surface area (Å²) < 4.78 is 10.6. The smallest absolute Gasteiger partial charge is 0.128 e. The molecule has 1 aliphatic rings. The summed E-state index contributed by atoms with van der Waals surface area (Å²) >= 11 is 3.36. The number of hydrogen-bond donors (Lipinski definition) is 1. The molecule has 0 unspecified atom stereocenters. The van der Waals surface area contributed by atoms with Crippen LogP contribution in [0.2, 0.25) is 0 Å². The first kappa shape index (κ1) is 9.80. The summed E-state index contributed by atoms with van der Waals surface area (Å²) in [6.45, 7) is 0.474. The number of halogens is 1. The fourth-order valence-corrected chi connectivity index (χ4v) is 1.96. The molecular weight excluding hydrogens is 248 g/mol. The number of aliphatic hydroxyl groups excluding tert-OH is 1. The number of benzene rings is 1. The van der Waals surface area contributed by atoms with Crippen molar-refractivity contribution in [2.75, 3.05) is 13.7 Å². The molecule has 0 fully saturated rings. The van der Waals surface area contributed by atoms with Crippen LogP contribution < -0.4 is 9.47 Å². The Hall–Kier alpha value is -0.740. The summed E-state index contributed by atoms with van der Waals surface area (Å²) in [5, 5.41) is 9.93. The fourth-order valence-electron chi connectivity index (χ4n) is 1.56. The van der Waals surface area contributed by atoms with Gasteiger partial charge in [0.15, 0.2) is 0 Å². The van der Waals surface area contributed by atoms with Crippen molar-refractivity contribution in [2.45, 2.75) is 10.9 Å². The normalized spacial score (nSPS) is 25.1. The van der Waals surface area contributed by atoms with Crippen molar-refractivity contribution in [3.63, 3.8) is 0 Å². The molecule has 0 saturated heterocycles. The van der Waals surface area contributed by atoms with Crippen molar-refractivity contribution in [1.29, 1.82) is 0 Å². The molecule has 1 N–H and O–H groups in total. The van der Waals surface area contributed by atoms with E-state index < -0.39 is 6.10 Å². The molecule has 1 aromatic carbocycles. The van der Waals surface area contributed by atoms with Crippen LogP contribution in [0.4, 0.5) is 0 Å². The van der Waals surface area contributed by atoms with Crippen molar-refractivity contribution in [3.8, 4) is 11.5 Å². The molecule has 1 aliphatic heterocycles. The second-order valence-electron chi connectivity index (χ2n) is 3.14. The molecule has 1 heterocycles. The summed E-state index contributed by atoms with van der Waals surface area (Å²) in [4.78, 5) is -0.0775. The number of ether oxygens (including phenoxy) is 2. The minimum Gasteiger partial charge on any atom is -0.496 e. The largest absolute Gasteiger partial charge is 0.496 e. The van der Waals surface area contributed by atoms with E-state index in [1.165, 1.54) is 0 Å². The number of alkyl halides is 1. The van der Waals surface area contributed by atoms with Gasteiger partial charge in [0, 0.05) is 0 Å². The Bertz CT molecular complexity index is 326. The molecule has 0 radical (unpaired) electrons. The lowest BCUT2D eigenvalue weighted by molar-refractivity contribution is 0.121. The van der Waals surface area contributed by atoms with Crippen LogP contribution in [0.25, 0.3) is 0 Å². The molecule has 4 heteroatoms. The Morgan fingerprint density at radius 2 is 2.36 bits per heavy atom. The van der Waals surface area contributed by atoms with Crippen molar-refractivity contribution < 1.29 is 14.6 Å². The van der Waals surface area contributed by atoms with Crippen molar-refractivity contribution in [1.82, 2.24) is 0 Å². The van der Waals surface area contributed by atoms with E-state index in [4.69, 9.17) is 9.47 Å². The predicted octanol–water partition coefficient (Wildman–Crippen LogP) is 1.88. The predicted molar refractivity (Wildman–Crippen MR) is 56.2 cm³/mol. The minimum atomic E-state index is -0.574. The van der Waals surface area contributed by atoms with Gasteiger partial charge in [0.2, 0.25) is 0 Å². The second kappa shape index (κ2) is 3.79. The molecule has 2 atom stereocenters. The Morgan fingerprint density at radius 3 is 3.07 bits per heavy atom. The molecule has 14 heavy (non-hydrogen) atoms. The van der Waals surface area contributed by atoms with Gasteiger partial charge in [0.05, 0.1) is 17.5 Å². The monoisotopic (exact) mass is 258 g/mol. The van der Waals surface area contributed by atoms with E-state index in [1.54, 1.807) is 7.11 Å². The summed E-state index contributed by atoms with van der Waals surface area (Å²) in [5.41, 5.74) is 0.725. The number of rotatable bonds is 1. The van der Waals surface area contributed by atoms with E-state index in [0.29, 0.717) is 18.1 Å². The van der Waals surface area contributed by atoms with E-state index in [1.807, 2.05) is 18.2 Å². The van der Waals surface area contributed by atoms with Gasteiger partial charge in [-0.1, -0.05) is 22.0 Å². The molecule has 0 bridgehead atoms. The maximum absolute atomic E-state index is 9.93. The first-order valence-corrected chi connectivity index (χ1v) is 5.27. The molecule has 3 nitrogen and oxygen atoms in total. The molecule has 76 valence electrons.